The fraction of sp³-hybridized carbons (Fsp3) is 0.240. The van der Waals surface area contributed by atoms with Gasteiger partial charge in [0.15, 0.2) is 0 Å². The Hall–Kier alpha value is -1.95. The largest absolute Gasteiger partial charge is 0.312 e. The first-order valence-corrected chi connectivity index (χ1v) is 11.8. The summed E-state index contributed by atoms with van der Waals surface area (Å²) < 4.78 is 2.19. The molecule has 0 saturated carbocycles. The molecule has 0 spiro atoms. The van der Waals surface area contributed by atoms with Crippen LogP contribution in [0.1, 0.15) is 29.5 Å². The lowest BCUT2D eigenvalue weighted by Gasteiger charge is -2.23. The van der Waals surface area contributed by atoms with E-state index in [1.54, 1.807) is 0 Å². The molecule has 3 aromatic rings. The maximum atomic E-state index is 12.0. The summed E-state index contributed by atoms with van der Waals surface area (Å²) in [4.78, 5) is 16.3. The van der Waals surface area contributed by atoms with Crippen LogP contribution in [0.2, 0.25) is 0 Å². The van der Waals surface area contributed by atoms with Gasteiger partial charge in [0, 0.05) is 47.2 Å². The zero-order valence-corrected chi connectivity index (χ0v) is 19.9. The topological polar surface area (TPSA) is 23.6 Å². The number of anilines is 1. The molecule has 3 nitrogen and oxygen atoms in total. The van der Waals surface area contributed by atoms with Crippen LogP contribution in [0.5, 0.6) is 0 Å². The number of benzene rings is 3. The van der Waals surface area contributed by atoms with Crippen molar-refractivity contribution in [2.45, 2.75) is 32.5 Å². The van der Waals surface area contributed by atoms with Gasteiger partial charge in [0.25, 0.3) is 0 Å². The number of nitrogens with zero attached hydrogens (tertiary/aromatic N) is 2. The molecule has 1 heterocycles. The number of carbonyl (C=O) groups is 1. The van der Waals surface area contributed by atoms with E-state index in [-0.39, 0.29) is 5.91 Å². The summed E-state index contributed by atoms with van der Waals surface area (Å²) in [6, 6.07) is 25.5. The summed E-state index contributed by atoms with van der Waals surface area (Å²) in [6.07, 6.45) is 1.62. The van der Waals surface area contributed by atoms with Crippen LogP contribution in [0.4, 0.5) is 5.69 Å². The monoisotopic (exact) mass is 526 g/mol. The Morgan fingerprint density at radius 3 is 1.53 bits per heavy atom. The van der Waals surface area contributed by atoms with Crippen molar-refractivity contribution in [3.8, 4) is 0 Å². The van der Waals surface area contributed by atoms with E-state index in [2.05, 4.69) is 110 Å². The molecule has 154 valence electrons. The number of halogens is 2. The predicted octanol–water partition coefficient (Wildman–Crippen LogP) is 6.54. The van der Waals surface area contributed by atoms with Crippen molar-refractivity contribution in [1.29, 1.82) is 0 Å². The average Bonchev–Trinajstić information content (AvgIpc) is 3.18. The summed E-state index contributed by atoms with van der Waals surface area (Å²) >= 11 is 7.04. The first-order chi connectivity index (χ1) is 14.6. The van der Waals surface area contributed by atoms with E-state index >= 15 is 0 Å². The second kappa shape index (κ2) is 9.90. The predicted molar refractivity (Wildman–Crippen MR) is 129 cm³/mol. The number of rotatable bonds is 7. The molecule has 3 aromatic carbocycles. The highest BCUT2D eigenvalue weighted by atomic mass is 79.9. The zero-order valence-electron chi connectivity index (χ0n) is 16.7. The fourth-order valence-corrected chi connectivity index (χ4v) is 4.35. The van der Waals surface area contributed by atoms with Gasteiger partial charge in [-0.15, -0.1) is 0 Å². The van der Waals surface area contributed by atoms with Crippen LogP contribution in [0.3, 0.4) is 0 Å². The van der Waals surface area contributed by atoms with E-state index < -0.39 is 0 Å². The van der Waals surface area contributed by atoms with Gasteiger partial charge in [0.05, 0.1) is 0 Å². The van der Waals surface area contributed by atoms with E-state index in [9.17, 15) is 4.79 Å². The second-order valence-electron chi connectivity index (χ2n) is 7.71. The third kappa shape index (κ3) is 5.60. The van der Waals surface area contributed by atoms with Crippen molar-refractivity contribution >= 4 is 43.5 Å². The van der Waals surface area contributed by atoms with Gasteiger partial charge in [-0.1, -0.05) is 68.3 Å². The summed E-state index contributed by atoms with van der Waals surface area (Å²) in [7, 11) is 0. The first-order valence-electron chi connectivity index (χ1n) is 10.2. The zero-order chi connectivity index (χ0) is 20.9. The van der Waals surface area contributed by atoms with Crippen LogP contribution in [0, 0.1) is 0 Å². The molecule has 0 aliphatic carbocycles. The number of hydrogen-bond donors (Lipinski definition) is 0. The Balaban J connectivity index is 1.50. The molecule has 1 aliphatic rings. The molecule has 0 atom stereocenters. The van der Waals surface area contributed by atoms with Gasteiger partial charge < -0.3 is 4.90 Å². The van der Waals surface area contributed by atoms with Gasteiger partial charge in [-0.2, -0.15) is 0 Å². The summed E-state index contributed by atoms with van der Waals surface area (Å²) in [5.74, 6) is 0.231. The smallest absolute Gasteiger partial charge is 0.227 e. The van der Waals surface area contributed by atoms with Gasteiger partial charge >= 0.3 is 0 Å². The second-order valence-corrected chi connectivity index (χ2v) is 9.54. The Morgan fingerprint density at radius 2 is 1.13 bits per heavy atom. The van der Waals surface area contributed by atoms with E-state index in [1.165, 1.54) is 16.7 Å². The lowest BCUT2D eigenvalue weighted by molar-refractivity contribution is -0.117. The molecule has 0 N–H and O–H groups in total. The van der Waals surface area contributed by atoms with Crippen molar-refractivity contribution < 1.29 is 4.79 Å². The maximum Gasteiger partial charge on any atom is 0.227 e. The van der Waals surface area contributed by atoms with Crippen LogP contribution in [-0.2, 0) is 24.4 Å². The lowest BCUT2D eigenvalue weighted by atomic mass is 10.1. The van der Waals surface area contributed by atoms with Gasteiger partial charge in [0.2, 0.25) is 5.91 Å². The Kier molecular flexibility index (Phi) is 7.03. The average molecular weight is 528 g/mol. The highest BCUT2D eigenvalue weighted by molar-refractivity contribution is 9.10. The quantitative estimate of drug-likeness (QED) is 0.348. The van der Waals surface area contributed by atoms with Gasteiger partial charge in [0.1, 0.15) is 0 Å². The van der Waals surface area contributed by atoms with E-state index in [1.807, 2.05) is 4.90 Å². The van der Waals surface area contributed by atoms with Gasteiger partial charge in [-0.25, -0.2) is 0 Å². The normalized spacial score (nSPS) is 14.0. The molecule has 0 bridgehead atoms. The van der Waals surface area contributed by atoms with Crippen LogP contribution in [0.15, 0.2) is 81.7 Å². The Morgan fingerprint density at radius 1 is 0.700 bits per heavy atom. The van der Waals surface area contributed by atoms with E-state index in [0.29, 0.717) is 6.42 Å². The molecule has 1 aliphatic heterocycles. The van der Waals surface area contributed by atoms with Crippen molar-refractivity contribution in [3.05, 3.63) is 98.4 Å². The highest BCUT2D eigenvalue weighted by Crippen LogP contribution is 2.23. The van der Waals surface area contributed by atoms with E-state index in [0.717, 1.165) is 47.2 Å². The van der Waals surface area contributed by atoms with E-state index in [4.69, 9.17) is 0 Å². The molecule has 1 fully saturated rings. The Bertz CT molecular complexity index is 938. The SMILES string of the molecule is O=C1CCCN1c1ccc(CN(Cc2ccc(Br)cc2)Cc2ccc(Br)cc2)cc1. The van der Waals surface area contributed by atoms with Crippen molar-refractivity contribution in [3.63, 3.8) is 0 Å². The molecule has 30 heavy (non-hydrogen) atoms. The van der Waals surface area contributed by atoms with Crippen molar-refractivity contribution in [2.75, 3.05) is 11.4 Å². The fourth-order valence-electron chi connectivity index (χ4n) is 3.82. The molecule has 5 heteroatoms. The first kappa shape index (κ1) is 21.3. The molecule has 0 aromatic heterocycles. The maximum absolute atomic E-state index is 12.0. The summed E-state index contributed by atoms with van der Waals surface area (Å²) in [6.45, 7) is 3.42. The third-order valence-electron chi connectivity index (χ3n) is 5.37. The molecule has 1 amide bonds. The summed E-state index contributed by atoms with van der Waals surface area (Å²) in [5.41, 5.74) is 4.83. The van der Waals surface area contributed by atoms with Crippen LogP contribution >= 0.6 is 31.9 Å². The van der Waals surface area contributed by atoms with Gasteiger partial charge in [-0.05, 0) is 59.5 Å². The lowest BCUT2D eigenvalue weighted by Crippen LogP contribution is -2.24. The number of hydrogen-bond acceptors (Lipinski definition) is 2. The molecule has 1 saturated heterocycles. The highest BCUT2D eigenvalue weighted by Gasteiger charge is 2.21. The molecule has 4 rings (SSSR count). The summed E-state index contributed by atoms with van der Waals surface area (Å²) in [5, 5.41) is 0. The molecular weight excluding hydrogens is 504 g/mol. The number of carbonyl (C=O) groups excluding carboxylic acids is 1. The van der Waals surface area contributed by atoms with Gasteiger partial charge in [-0.3, -0.25) is 9.69 Å². The van der Waals surface area contributed by atoms with Crippen LogP contribution < -0.4 is 4.90 Å². The minimum atomic E-state index is 0.231. The molecular formula is C25H24Br2N2O. The standard InChI is InChI=1S/C25H24Br2N2O/c26-22-9-3-19(4-10-22)16-28(17-20-5-11-23(27)12-6-20)18-21-7-13-24(14-8-21)29-15-1-2-25(29)30/h3-14H,1-2,15-18H2. The van der Waals surface area contributed by atoms with Crippen molar-refractivity contribution in [1.82, 2.24) is 4.90 Å². The van der Waals surface area contributed by atoms with Crippen molar-refractivity contribution in [2.24, 2.45) is 0 Å². The van der Waals surface area contributed by atoms with Crippen LogP contribution in [0.25, 0.3) is 0 Å². The molecule has 0 unspecified atom stereocenters. The van der Waals surface area contributed by atoms with Crippen LogP contribution in [-0.4, -0.2) is 17.4 Å². The molecule has 0 radical (unpaired) electrons. The minimum Gasteiger partial charge on any atom is -0.312 e. The number of amides is 1. The Labute approximate surface area is 195 Å². The minimum absolute atomic E-state index is 0.231. The third-order valence-corrected chi connectivity index (χ3v) is 6.42.